The molecule has 0 aliphatic rings. The Hall–Kier alpha value is -4.37. The van der Waals surface area contributed by atoms with E-state index in [0.29, 0.717) is 22.6 Å². The maximum Gasteiger partial charge on any atom is 0.257 e. The Morgan fingerprint density at radius 3 is 2.42 bits per heavy atom. The lowest BCUT2D eigenvalue weighted by molar-refractivity contribution is -0.122. The minimum absolute atomic E-state index is 0.0717. The summed E-state index contributed by atoms with van der Waals surface area (Å²) in [7, 11) is 1.49. The van der Waals surface area contributed by atoms with Crippen molar-refractivity contribution in [2.45, 2.75) is 13.0 Å². The van der Waals surface area contributed by atoms with Gasteiger partial charge >= 0.3 is 0 Å². The monoisotopic (exact) mass is 507 g/mol. The first-order valence-corrected chi connectivity index (χ1v) is 11.4. The van der Waals surface area contributed by atoms with Gasteiger partial charge in [-0.25, -0.2) is 0 Å². The number of hydrogen-bond acceptors (Lipinski definition) is 5. The van der Waals surface area contributed by atoms with Gasteiger partial charge in [-0.15, -0.1) is 0 Å². The molecule has 3 rings (SSSR count). The molecular weight excluding hydrogens is 482 g/mol. The second-order valence-electron chi connectivity index (χ2n) is 7.82. The van der Waals surface area contributed by atoms with Crippen LogP contribution in [0.2, 0.25) is 5.02 Å². The van der Waals surface area contributed by atoms with Crippen LogP contribution in [0.15, 0.2) is 66.7 Å². The first-order chi connectivity index (χ1) is 17.2. The summed E-state index contributed by atoms with van der Waals surface area (Å²) in [5.74, 6) is -0.844. The van der Waals surface area contributed by atoms with E-state index in [9.17, 15) is 14.4 Å². The molecule has 0 aromatic heterocycles. The van der Waals surface area contributed by atoms with E-state index in [1.165, 1.54) is 25.2 Å². The number of rotatable bonds is 10. The molecular formula is C26H26ClN5O4. The van der Waals surface area contributed by atoms with Crippen LogP contribution in [0.5, 0.6) is 5.75 Å². The zero-order chi connectivity index (χ0) is 26.1. The van der Waals surface area contributed by atoms with E-state index in [2.05, 4.69) is 16.0 Å². The second-order valence-corrected chi connectivity index (χ2v) is 8.26. The SMILES string of the molecule is CNC(=O)COc1cc(C(=N)N)ccc1CNC(=O)c1cc(Cl)cc(NC(=O)Cc2ccccc2)c1. The highest BCUT2D eigenvalue weighted by Crippen LogP contribution is 2.22. The van der Waals surface area contributed by atoms with Gasteiger partial charge in [-0.1, -0.05) is 54.1 Å². The lowest BCUT2D eigenvalue weighted by Crippen LogP contribution is -2.26. The summed E-state index contributed by atoms with van der Waals surface area (Å²) in [6, 6.07) is 18.7. The van der Waals surface area contributed by atoms with Gasteiger partial charge in [-0.3, -0.25) is 19.8 Å². The Bertz CT molecular complexity index is 1280. The fourth-order valence-electron chi connectivity index (χ4n) is 3.27. The Morgan fingerprint density at radius 1 is 0.972 bits per heavy atom. The summed E-state index contributed by atoms with van der Waals surface area (Å²) in [5, 5.41) is 15.9. The third kappa shape index (κ3) is 7.57. The van der Waals surface area contributed by atoms with E-state index >= 15 is 0 Å². The number of amides is 3. The molecule has 0 bridgehead atoms. The first kappa shape index (κ1) is 26.2. The number of carbonyl (C=O) groups is 3. The van der Waals surface area contributed by atoms with E-state index in [0.717, 1.165) is 5.56 Å². The number of halogens is 1. The van der Waals surface area contributed by atoms with Crippen LogP contribution < -0.4 is 26.4 Å². The van der Waals surface area contributed by atoms with Crippen molar-refractivity contribution >= 4 is 40.8 Å². The number of nitrogen functional groups attached to an aromatic ring is 1. The number of carbonyl (C=O) groups excluding carboxylic acids is 3. The second kappa shape index (κ2) is 12.4. The van der Waals surface area contributed by atoms with Gasteiger partial charge in [-0.05, 0) is 29.8 Å². The number of likely N-dealkylation sites (N-methyl/N-ethyl adjacent to an activating group) is 1. The van der Waals surface area contributed by atoms with Crippen LogP contribution in [0.4, 0.5) is 5.69 Å². The fourth-order valence-corrected chi connectivity index (χ4v) is 3.51. The molecule has 36 heavy (non-hydrogen) atoms. The van der Waals surface area contributed by atoms with E-state index in [4.69, 9.17) is 27.5 Å². The largest absolute Gasteiger partial charge is 0.483 e. The Morgan fingerprint density at radius 2 is 1.72 bits per heavy atom. The number of benzene rings is 3. The number of nitrogens with one attached hydrogen (secondary N) is 4. The molecule has 3 aromatic carbocycles. The molecule has 3 aromatic rings. The number of amidine groups is 1. The molecule has 0 fully saturated rings. The zero-order valence-corrected chi connectivity index (χ0v) is 20.3. The highest BCUT2D eigenvalue weighted by Gasteiger charge is 2.14. The van der Waals surface area contributed by atoms with Crippen molar-refractivity contribution in [2.75, 3.05) is 19.0 Å². The van der Waals surface area contributed by atoms with Crippen LogP contribution in [0.3, 0.4) is 0 Å². The molecule has 0 aliphatic carbocycles. The van der Waals surface area contributed by atoms with Crippen LogP contribution >= 0.6 is 11.6 Å². The van der Waals surface area contributed by atoms with Gasteiger partial charge in [0, 0.05) is 41.0 Å². The molecule has 0 atom stereocenters. The molecule has 9 nitrogen and oxygen atoms in total. The van der Waals surface area contributed by atoms with Crippen molar-refractivity contribution < 1.29 is 19.1 Å². The summed E-state index contributed by atoms with van der Waals surface area (Å²) >= 11 is 6.19. The predicted molar refractivity (Wildman–Crippen MR) is 138 cm³/mol. The third-order valence-corrected chi connectivity index (χ3v) is 5.32. The lowest BCUT2D eigenvalue weighted by atomic mass is 10.1. The molecule has 186 valence electrons. The molecule has 0 saturated carbocycles. The number of hydrogen-bond donors (Lipinski definition) is 5. The van der Waals surface area contributed by atoms with Crippen molar-refractivity contribution in [1.29, 1.82) is 5.41 Å². The van der Waals surface area contributed by atoms with Gasteiger partial charge in [0.2, 0.25) is 5.91 Å². The Kier molecular flexibility index (Phi) is 9.01. The van der Waals surface area contributed by atoms with Crippen LogP contribution in [-0.4, -0.2) is 37.2 Å². The van der Waals surface area contributed by atoms with Gasteiger partial charge < -0.3 is 26.4 Å². The standard InChI is InChI=1S/C26H26ClN5O4/c1-30-24(34)15-36-22-12-17(25(28)29)7-8-18(22)14-31-26(35)19-10-20(27)13-21(11-19)32-23(33)9-16-5-3-2-4-6-16/h2-8,10-13H,9,14-15H2,1H3,(H3,28,29)(H,30,34)(H,31,35)(H,32,33). The van der Waals surface area contributed by atoms with Gasteiger partial charge in [0.05, 0.1) is 6.42 Å². The van der Waals surface area contributed by atoms with Crippen LogP contribution in [0.25, 0.3) is 0 Å². The number of anilines is 1. The normalized spacial score (nSPS) is 10.3. The van der Waals surface area contributed by atoms with Gasteiger partial charge in [0.25, 0.3) is 11.8 Å². The third-order valence-electron chi connectivity index (χ3n) is 5.11. The van der Waals surface area contributed by atoms with Crippen LogP contribution in [0.1, 0.15) is 27.0 Å². The van der Waals surface area contributed by atoms with Crippen molar-refractivity contribution in [3.63, 3.8) is 0 Å². The van der Waals surface area contributed by atoms with E-state index in [1.807, 2.05) is 30.3 Å². The van der Waals surface area contributed by atoms with Crippen molar-refractivity contribution in [3.8, 4) is 5.75 Å². The molecule has 0 aliphatic heterocycles. The molecule has 3 amide bonds. The number of nitrogens with two attached hydrogens (primary N) is 1. The van der Waals surface area contributed by atoms with E-state index < -0.39 is 5.91 Å². The van der Waals surface area contributed by atoms with Crippen molar-refractivity contribution in [3.05, 3.63) is 94.0 Å². The van der Waals surface area contributed by atoms with Crippen LogP contribution in [0, 0.1) is 5.41 Å². The smallest absolute Gasteiger partial charge is 0.257 e. The fraction of sp³-hybridized carbons (Fsp3) is 0.154. The van der Waals surface area contributed by atoms with E-state index in [1.54, 1.807) is 18.2 Å². The van der Waals surface area contributed by atoms with Crippen molar-refractivity contribution in [1.82, 2.24) is 10.6 Å². The maximum absolute atomic E-state index is 12.9. The average Bonchev–Trinajstić information content (AvgIpc) is 2.86. The summed E-state index contributed by atoms with van der Waals surface area (Å²) in [4.78, 5) is 36.9. The molecule has 0 unspecified atom stereocenters. The highest BCUT2D eigenvalue weighted by molar-refractivity contribution is 6.31. The number of ether oxygens (including phenoxy) is 1. The van der Waals surface area contributed by atoms with Crippen molar-refractivity contribution in [2.24, 2.45) is 5.73 Å². The summed E-state index contributed by atoms with van der Waals surface area (Å²) in [5.41, 5.74) is 8.07. The molecule has 6 N–H and O–H groups in total. The average molecular weight is 508 g/mol. The molecule has 0 spiro atoms. The highest BCUT2D eigenvalue weighted by atomic mass is 35.5. The Balaban J connectivity index is 1.70. The van der Waals surface area contributed by atoms with Gasteiger partial charge in [-0.2, -0.15) is 0 Å². The predicted octanol–water partition coefficient (Wildman–Crippen LogP) is 2.86. The quantitative estimate of drug-likeness (QED) is 0.211. The summed E-state index contributed by atoms with van der Waals surface area (Å²) in [6.45, 7) is -0.165. The van der Waals surface area contributed by atoms with Gasteiger partial charge in [0.1, 0.15) is 11.6 Å². The van der Waals surface area contributed by atoms with Crippen LogP contribution in [-0.2, 0) is 22.6 Å². The Labute approximate surface area is 213 Å². The summed E-state index contributed by atoms with van der Waals surface area (Å²) < 4.78 is 5.57. The maximum atomic E-state index is 12.9. The molecule has 10 heteroatoms. The van der Waals surface area contributed by atoms with E-state index in [-0.39, 0.29) is 47.8 Å². The van der Waals surface area contributed by atoms with Gasteiger partial charge in [0.15, 0.2) is 6.61 Å². The lowest BCUT2D eigenvalue weighted by Gasteiger charge is -2.14. The molecule has 0 saturated heterocycles. The zero-order valence-electron chi connectivity index (χ0n) is 19.6. The minimum atomic E-state index is -0.427. The first-order valence-electron chi connectivity index (χ1n) is 11.0. The molecule has 0 radical (unpaired) electrons. The minimum Gasteiger partial charge on any atom is -0.483 e. The summed E-state index contributed by atoms with van der Waals surface area (Å²) in [6.07, 6.45) is 0.184. The topological polar surface area (TPSA) is 146 Å². The molecule has 0 heterocycles.